The van der Waals surface area contributed by atoms with E-state index >= 15 is 0 Å². The van der Waals surface area contributed by atoms with Gasteiger partial charge in [-0.15, -0.1) is 0 Å². The van der Waals surface area contributed by atoms with Gasteiger partial charge in [0.2, 0.25) is 5.91 Å². The molecule has 1 amide bonds. The number of fused-ring (bicyclic) bond motifs is 3. The number of carbonyl (C=O) groups excluding carboxylic acids is 1. The molecule has 0 aliphatic heterocycles. The summed E-state index contributed by atoms with van der Waals surface area (Å²) in [7, 11) is 0. The number of amides is 1. The summed E-state index contributed by atoms with van der Waals surface area (Å²) in [5.41, 5.74) is 5.65. The Labute approximate surface area is 172 Å². The zero-order valence-electron chi connectivity index (χ0n) is 17.0. The van der Waals surface area contributed by atoms with Crippen molar-refractivity contribution in [2.75, 3.05) is 5.32 Å². The molecule has 1 N–H and O–H groups in total. The van der Waals surface area contributed by atoms with Crippen molar-refractivity contribution in [2.24, 2.45) is 0 Å². The molecule has 8 nitrogen and oxygen atoms in total. The maximum absolute atomic E-state index is 12.5. The van der Waals surface area contributed by atoms with Crippen molar-refractivity contribution in [1.29, 1.82) is 0 Å². The van der Waals surface area contributed by atoms with Crippen LogP contribution in [0, 0.1) is 30.9 Å². The number of hydrogen-bond donors (Lipinski definition) is 1. The molecule has 0 fully saturated rings. The van der Waals surface area contributed by atoms with Crippen molar-refractivity contribution < 1.29 is 9.72 Å². The Morgan fingerprint density at radius 3 is 2.70 bits per heavy atom. The third-order valence-electron chi connectivity index (χ3n) is 5.33. The summed E-state index contributed by atoms with van der Waals surface area (Å²) in [5, 5.41) is 19.4. The Bertz CT molecular complexity index is 1310. The molecular weight excluding hydrogens is 382 g/mol. The van der Waals surface area contributed by atoms with Gasteiger partial charge in [0, 0.05) is 35.3 Å². The summed E-state index contributed by atoms with van der Waals surface area (Å²) in [6.45, 7) is 5.71. The van der Waals surface area contributed by atoms with Gasteiger partial charge in [-0.2, -0.15) is 5.10 Å². The maximum atomic E-state index is 12.5. The van der Waals surface area contributed by atoms with Crippen LogP contribution in [-0.2, 0) is 11.2 Å². The lowest BCUT2D eigenvalue weighted by Gasteiger charge is -2.12. The minimum Gasteiger partial charge on any atom is -0.326 e. The highest BCUT2D eigenvalue weighted by Gasteiger charge is 2.16. The minimum absolute atomic E-state index is 0.0528. The summed E-state index contributed by atoms with van der Waals surface area (Å²) in [4.78, 5) is 27.8. The van der Waals surface area contributed by atoms with Crippen LogP contribution in [-0.4, -0.2) is 25.4 Å². The predicted molar refractivity (Wildman–Crippen MR) is 115 cm³/mol. The molecule has 0 bridgehead atoms. The lowest BCUT2D eigenvalue weighted by molar-refractivity contribution is -0.384. The minimum atomic E-state index is -0.475. The second kappa shape index (κ2) is 7.55. The molecule has 0 aliphatic carbocycles. The fourth-order valence-electron chi connectivity index (χ4n) is 3.65. The van der Waals surface area contributed by atoms with Crippen molar-refractivity contribution in [3.05, 3.63) is 75.1 Å². The number of aromatic nitrogens is 3. The van der Waals surface area contributed by atoms with E-state index in [1.54, 1.807) is 13.0 Å². The van der Waals surface area contributed by atoms with E-state index in [-0.39, 0.29) is 18.0 Å². The molecule has 4 rings (SSSR count). The highest BCUT2D eigenvalue weighted by Crippen LogP contribution is 2.24. The Morgan fingerprint density at radius 2 is 1.93 bits per heavy atom. The van der Waals surface area contributed by atoms with Crippen LogP contribution in [0.25, 0.3) is 16.6 Å². The monoisotopic (exact) mass is 403 g/mol. The van der Waals surface area contributed by atoms with Gasteiger partial charge in [0.25, 0.3) is 5.69 Å². The van der Waals surface area contributed by atoms with Crippen molar-refractivity contribution >= 4 is 33.8 Å². The molecule has 8 heteroatoms. The van der Waals surface area contributed by atoms with Gasteiger partial charge < -0.3 is 5.32 Å². The number of anilines is 1. The predicted octanol–water partition coefficient (Wildman–Crippen LogP) is 4.29. The number of nitro groups is 1. The quantitative estimate of drug-likeness (QED) is 0.396. The van der Waals surface area contributed by atoms with Crippen molar-refractivity contribution in [3.8, 4) is 0 Å². The normalized spacial score (nSPS) is 11.2. The maximum Gasteiger partial charge on any atom is 0.271 e. The first-order valence-electron chi connectivity index (χ1n) is 9.63. The Morgan fingerprint density at radius 1 is 1.17 bits per heavy atom. The van der Waals surface area contributed by atoms with E-state index in [9.17, 15) is 14.9 Å². The largest absolute Gasteiger partial charge is 0.326 e. The van der Waals surface area contributed by atoms with Crippen LogP contribution in [0.1, 0.15) is 28.9 Å². The summed E-state index contributed by atoms with van der Waals surface area (Å²) in [5.74, 6) is -0.205. The number of hydrogen-bond acceptors (Lipinski definition) is 5. The van der Waals surface area contributed by atoms with Crippen molar-refractivity contribution in [1.82, 2.24) is 14.6 Å². The molecule has 0 saturated heterocycles. The van der Waals surface area contributed by atoms with Crippen LogP contribution in [0.3, 0.4) is 0 Å². The average Bonchev–Trinajstić information content (AvgIpc) is 3.08. The number of rotatable bonds is 5. The van der Waals surface area contributed by atoms with E-state index < -0.39 is 4.92 Å². The third kappa shape index (κ3) is 3.47. The number of nitrogens with zero attached hydrogens (tertiary/aromatic N) is 4. The lowest BCUT2D eigenvalue weighted by atomic mass is 10.1. The SMILES string of the molecule is Cc1ccc([N+](=O)[O-])cc1NC(=O)CCc1c(C)nc2c3ccccc3nn2c1C. The van der Waals surface area contributed by atoms with E-state index in [0.29, 0.717) is 12.1 Å². The summed E-state index contributed by atoms with van der Waals surface area (Å²) in [6, 6.07) is 12.3. The molecule has 30 heavy (non-hydrogen) atoms. The topological polar surface area (TPSA) is 102 Å². The molecule has 2 aromatic carbocycles. The van der Waals surface area contributed by atoms with Crippen LogP contribution < -0.4 is 5.32 Å². The fraction of sp³-hybridized carbons (Fsp3) is 0.227. The fourth-order valence-corrected chi connectivity index (χ4v) is 3.65. The molecule has 0 radical (unpaired) electrons. The van der Waals surface area contributed by atoms with Crippen molar-refractivity contribution in [3.63, 3.8) is 0 Å². The second-order valence-electron chi connectivity index (χ2n) is 7.32. The third-order valence-corrected chi connectivity index (χ3v) is 5.33. The molecule has 0 spiro atoms. The zero-order valence-corrected chi connectivity index (χ0v) is 17.0. The van der Waals surface area contributed by atoms with E-state index in [0.717, 1.165) is 39.1 Å². The Hall–Kier alpha value is -3.81. The molecule has 0 aliphatic rings. The standard InChI is InChI=1S/C22H21N5O3/c1-13-8-9-16(27(29)30)12-20(13)24-21(28)11-10-17-14(2)23-22-18-6-4-5-7-19(18)25-26(22)15(17)3/h4-9,12H,10-11H2,1-3H3,(H,24,28). The van der Waals surface area contributed by atoms with Gasteiger partial charge in [0.15, 0.2) is 5.65 Å². The number of non-ortho nitro benzene ring substituents is 1. The molecule has 4 aromatic rings. The number of benzene rings is 2. The first-order chi connectivity index (χ1) is 14.3. The van der Waals surface area contributed by atoms with Gasteiger partial charge in [-0.1, -0.05) is 18.2 Å². The van der Waals surface area contributed by atoms with Crippen LogP contribution in [0.4, 0.5) is 11.4 Å². The lowest BCUT2D eigenvalue weighted by Crippen LogP contribution is -2.15. The van der Waals surface area contributed by atoms with Gasteiger partial charge in [0.1, 0.15) is 0 Å². The number of aryl methyl sites for hydroxylation is 3. The summed E-state index contributed by atoms with van der Waals surface area (Å²) >= 11 is 0. The second-order valence-corrected chi connectivity index (χ2v) is 7.32. The van der Waals surface area contributed by atoms with Gasteiger partial charge >= 0.3 is 0 Å². The van der Waals surface area contributed by atoms with Crippen LogP contribution in [0.15, 0.2) is 42.5 Å². The van der Waals surface area contributed by atoms with E-state index in [4.69, 9.17) is 4.98 Å². The summed E-state index contributed by atoms with van der Waals surface area (Å²) < 4.78 is 1.83. The molecule has 2 aromatic heterocycles. The number of carbonyl (C=O) groups is 1. The number of nitrogens with one attached hydrogen (secondary N) is 1. The molecule has 2 heterocycles. The van der Waals surface area contributed by atoms with E-state index in [2.05, 4.69) is 10.4 Å². The highest BCUT2D eigenvalue weighted by atomic mass is 16.6. The van der Waals surface area contributed by atoms with E-state index in [1.807, 2.05) is 42.6 Å². The first-order valence-corrected chi connectivity index (χ1v) is 9.63. The molecule has 0 saturated carbocycles. The Balaban J connectivity index is 1.56. The summed E-state index contributed by atoms with van der Waals surface area (Å²) in [6.07, 6.45) is 0.731. The molecule has 0 atom stereocenters. The molecule has 152 valence electrons. The smallest absolute Gasteiger partial charge is 0.271 e. The van der Waals surface area contributed by atoms with E-state index in [1.165, 1.54) is 12.1 Å². The highest BCUT2D eigenvalue weighted by molar-refractivity contribution is 5.93. The van der Waals surface area contributed by atoms with Crippen molar-refractivity contribution in [2.45, 2.75) is 33.6 Å². The molecule has 0 unspecified atom stereocenters. The molecular formula is C22H21N5O3. The van der Waals surface area contributed by atoms with Crippen LogP contribution in [0.5, 0.6) is 0 Å². The van der Waals surface area contributed by atoms with Crippen LogP contribution >= 0.6 is 0 Å². The Kier molecular flexibility index (Phi) is 4.91. The first kappa shape index (κ1) is 19.5. The number of nitro benzene ring substituents is 1. The van der Waals surface area contributed by atoms with Gasteiger partial charge in [0.05, 0.1) is 16.1 Å². The van der Waals surface area contributed by atoms with Gasteiger partial charge in [-0.25, -0.2) is 9.50 Å². The van der Waals surface area contributed by atoms with Gasteiger partial charge in [-0.05, 0) is 50.5 Å². The average molecular weight is 403 g/mol. The van der Waals surface area contributed by atoms with Gasteiger partial charge in [-0.3, -0.25) is 14.9 Å². The van der Waals surface area contributed by atoms with Crippen LogP contribution in [0.2, 0.25) is 0 Å². The zero-order chi connectivity index (χ0) is 21.4.